The van der Waals surface area contributed by atoms with Crippen LogP contribution in [0.3, 0.4) is 0 Å². The van der Waals surface area contributed by atoms with Crippen molar-refractivity contribution >= 4 is 12.2 Å². The number of carbonyl (C=O) groups excluding carboxylic acids is 1. The fourth-order valence-electron chi connectivity index (χ4n) is 5.57. The maximum atomic E-state index is 13.6. The lowest BCUT2D eigenvalue weighted by Crippen LogP contribution is -2.44. The van der Waals surface area contributed by atoms with Crippen molar-refractivity contribution in [1.82, 2.24) is 20.5 Å². The van der Waals surface area contributed by atoms with Crippen LogP contribution in [0, 0.1) is 17.7 Å². The van der Waals surface area contributed by atoms with Gasteiger partial charge in [0.1, 0.15) is 5.82 Å². The van der Waals surface area contributed by atoms with Crippen LogP contribution >= 0.6 is 0 Å². The Bertz CT molecular complexity index is 1210. The Morgan fingerprint density at radius 3 is 2.91 bits per heavy atom. The van der Waals surface area contributed by atoms with Gasteiger partial charge in [-0.15, -0.1) is 0 Å². The number of rotatable bonds is 5. The van der Waals surface area contributed by atoms with Gasteiger partial charge < -0.3 is 10.1 Å². The predicted molar refractivity (Wildman–Crippen MR) is 132 cm³/mol. The Hall–Kier alpha value is -3.61. The topological polar surface area (TPSA) is 77.0 Å². The summed E-state index contributed by atoms with van der Waals surface area (Å²) in [6, 6.07) is 12.7. The number of ether oxygens (including phenoxy) is 1. The summed E-state index contributed by atoms with van der Waals surface area (Å²) in [6.45, 7) is 2.19. The third-order valence-corrected chi connectivity index (χ3v) is 7.17. The Balaban J connectivity index is 1.34. The molecule has 0 spiro atoms. The molecular formula is C28H29FN4O2. The second-order valence-electron chi connectivity index (χ2n) is 9.30. The first-order valence-corrected chi connectivity index (χ1v) is 12.2. The minimum Gasteiger partial charge on any atom is -0.450 e. The summed E-state index contributed by atoms with van der Waals surface area (Å²) >= 11 is 0. The van der Waals surface area contributed by atoms with Crippen LogP contribution in [0.4, 0.5) is 9.18 Å². The van der Waals surface area contributed by atoms with Gasteiger partial charge in [0.2, 0.25) is 0 Å². The third-order valence-electron chi connectivity index (χ3n) is 7.17. The van der Waals surface area contributed by atoms with Gasteiger partial charge in [-0.05, 0) is 85.9 Å². The number of alkyl carbamates (subject to hydrolysis) is 1. The summed E-state index contributed by atoms with van der Waals surface area (Å²) in [4.78, 5) is 16.5. The van der Waals surface area contributed by atoms with Gasteiger partial charge in [-0.2, -0.15) is 10.2 Å². The third kappa shape index (κ3) is 5.24. The van der Waals surface area contributed by atoms with Gasteiger partial charge >= 0.3 is 6.09 Å². The molecule has 0 bridgehead atoms. The molecule has 6 nitrogen and oxygen atoms in total. The molecule has 2 aliphatic rings. The summed E-state index contributed by atoms with van der Waals surface area (Å²) in [5.74, 6) is 0.840. The Morgan fingerprint density at radius 2 is 2.11 bits per heavy atom. The smallest absolute Gasteiger partial charge is 0.407 e. The van der Waals surface area contributed by atoms with E-state index in [0.717, 1.165) is 48.2 Å². The number of pyridine rings is 1. The van der Waals surface area contributed by atoms with E-state index in [4.69, 9.17) is 4.74 Å². The number of nitrogens with one attached hydrogen (secondary N) is 1. The molecule has 180 valence electrons. The highest BCUT2D eigenvalue weighted by Gasteiger charge is 2.40. The van der Waals surface area contributed by atoms with E-state index in [1.165, 1.54) is 17.7 Å². The van der Waals surface area contributed by atoms with Gasteiger partial charge in [0.25, 0.3) is 0 Å². The van der Waals surface area contributed by atoms with E-state index in [0.29, 0.717) is 18.4 Å². The molecule has 2 heterocycles. The number of nitrogens with zero attached hydrogens (tertiary/aromatic N) is 3. The van der Waals surface area contributed by atoms with Crippen LogP contribution in [-0.2, 0) is 11.2 Å². The summed E-state index contributed by atoms with van der Waals surface area (Å²) in [5.41, 5.74) is 4.81. The largest absolute Gasteiger partial charge is 0.450 e. The fourth-order valence-corrected chi connectivity index (χ4v) is 5.57. The monoisotopic (exact) mass is 472 g/mol. The van der Waals surface area contributed by atoms with Gasteiger partial charge in [-0.3, -0.25) is 4.98 Å². The molecule has 2 aliphatic carbocycles. The van der Waals surface area contributed by atoms with Crippen molar-refractivity contribution in [2.45, 2.75) is 44.6 Å². The van der Waals surface area contributed by atoms with Crippen molar-refractivity contribution in [3.05, 3.63) is 83.7 Å². The van der Waals surface area contributed by atoms with Gasteiger partial charge in [0, 0.05) is 29.9 Å². The molecule has 1 saturated carbocycles. The summed E-state index contributed by atoms with van der Waals surface area (Å²) in [5, 5.41) is 11.6. The molecule has 0 saturated heterocycles. The van der Waals surface area contributed by atoms with Crippen molar-refractivity contribution < 1.29 is 13.9 Å². The molecule has 1 aromatic carbocycles. The van der Waals surface area contributed by atoms with E-state index in [1.807, 2.05) is 25.1 Å². The number of hydrogen-bond acceptors (Lipinski definition) is 5. The van der Waals surface area contributed by atoms with Crippen molar-refractivity contribution in [3.63, 3.8) is 0 Å². The molecule has 0 radical (unpaired) electrons. The second-order valence-corrected chi connectivity index (χ2v) is 9.30. The Kier molecular flexibility index (Phi) is 6.84. The first-order valence-electron chi connectivity index (χ1n) is 12.2. The van der Waals surface area contributed by atoms with E-state index < -0.39 is 0 Å². The van der Waals surface area contributed by atoms with Crippen molar-refractivity contribution in [3.8, 4) is 11.1 Å². The van der Waals surface area contributed by atoms with E-state index in [-0.39, 0.29) is 23.9 Å². The maximum absolute atomic E-state index is 13.6. The number of amides is 1. The number of carbonyl (C=O) groups is 1. The number of benzene rings is 1. The maximum Gasteiger partial charge on any atom is 0.407 e. The highest BCUT2D eigenvalue weighted by molar-refractivity contribution is 5.67. The highest BCUT2D eigenvalue weighted by Crippen LogP contribution is 2.47. The van der Waals surface area contributed by atoms with Crippen LogP contribution in [0.2, 0.25) is 0 Å². The first-order chi connectivity index (χ1) is 17.1. The number of hydrogen-bond donors (Lipinski definition) is 1. The average Bonchev–Trinajstić information content (AvgIpc) is 2.87. The number of allylic oxidation sites excluding steroid dienone is 1. The molecule has 3 aromatic rings. The molecule has 1 fully saturated rings. The average molecular weight is 473 g/mol. The number of fused-ring (bicyclic) bond motifs is 2. The number of aromatic nitrogens is 3. The molecule has 0 aliphatic heterocycles. The Labute approximate surface area is 204 Å². The summed E-state index contributed by atoms with van der Waals surface area (Å²) in [7, 11) is 0. The van der Waals surface area contributed by atoms with E-state index in [9.17, 15) is 9.18 Å². The van der Waals surface area contributed by atoms with E-state index in [2.05, 4.69) is 38.7 Å². The molecular weight excluding hydrogens is 443 g/mol. The lowest BCUT2D eigenvalue weighted by molar-refractivity contribution is 0.128. The zero-order chi connectivity index (χ0) is 24.2. The SMILES string of the molecule is CCOC(=O)N[C@H]1CC[C@@H]2[C@H](Cc3nnccc3[C@H]2/C=C/c2ccc(-c3cccc(F)c3)cn2)C1. The zero-order valence-electron chi connectivity index (χ0n) is 19.7. The van der Waals surface area contributed by atoms with Crippen LogP contribution < -0.4 is 5.32 Å². The molecule has 4 atom stereocenters. The van der Waals surface area contributed by atoms with Crippen LogP contribution in [0.15, 0.2) is 60.9 Å². The minimum absolute atomic E-state index is 0.121. The van der Waals surface area contributed by atoms with Crippen molar-refractivity contribution in [1.29, 1.82) is 0 Å². The van der Waals surface area contributed by atoms with Crippen molar-refractivity contribution in [2.24, 2.45) is 11.8 Å². The van der Waals surface area contributed by atoms with Gasteiger partial charge in [-0.1, -0.05) is 24.3 Å². The summed E-state index contributed by atoms with van der Waals surface area (Å²) < 4.78 is 18.6. The minimum atomic E-state index is -0.337. The molecule has 35 heavy (non-hydrogen) atoms. The van der Waals surface area contributed by atoms with Gasteiger partial charge in [0.05, 0.1) is 18.0 Å². The first kappa shape index (κ1) is 23.1. The lowest BCUT2D eigenvalue weighted by Gasteiger charge is -2.43. The predicted octanol–water partition coefficient (Wildman–Crippen LogP) is 5.56. The van der Waals surface area contributed by atoms with Gasteiger partial charge in [0.15, 0.2) is 0 Å². The normalized spacial score (nSPS) is 23.4. The quantitative estimate of drug-likeness (QED) is 0.526. The molecule has 2 aromatic heterocycles. The van der Waals surface area contributed by atoms with Gasteiger partial charge in [-0.25, -0.2) is 9.18 Å². The highest BCUT2D eigenvalue weighted by atomic mass is 19.1. The number of halogens is 1. The van der Waals surface area contributed by atoms with Crippen molar-refractivity contribution in [2.75, 3.05) is 6.61 Å². The van der Waals surface area contributed by atoms with Crippen LogP contribution in [0.5, 0.6) is 0 Å². The lowest BCUT2D eigenvalue weighted by atomic mass is 9.63. The standard InChI is InChI=1S/C28H29FN4O2/c1-2-35-28(34)32-23-9-10-24-20(15-23)16-27-26(12-13-31-33-27)25(24)11-8-22-7-6-19(17-30-22)18-4-3-5-21(29)14-18/h3-8,11-14,17,20,23-25H,2,9-10,15-16H2,1H3,(H,32,34)/b11-8+/t20-,23-,24+,25-/m0/s1. The van der Waals surface area contributed by atoms with Crippen LogP contribution in [-0.4, -0.2) is 33.9 Å². The molecule has 5 rings (SSSR count). The van der Waals surface area contributed by atoms with Crippen LogP contribution in [0.25, 0.3) is 17.2 Å². The second kappa shape index (κ2) is 10.3. The molecule has 1 amide bonds. The van der Waals surface area contributed by atoms with E-state index in [1.54, 1.807) is 18.5 Å². The van der Waals surface area contributed by atoms with E-state index >= 15 is 0 Å². The summed E-state index contributed by atoms with van der Waals surface area (Å²) in [6.07, 6.45) is 11.2. The van der Waals surface area contributed by atoms with Crippen LogP contribution in [0.1, 0.15) is 49.1 Å². The fraction of sp³-hybridized carbons (Fsp3) is 0.357. The Morgan fingerprint density at radius 1 is 1.20 bits per heavy atom. The molecule has 1 N–H and O–H groups in total. The molecule has 0 unspecified atom stereocenters. The zero-order valence-corrected chi connectivity index (χ0v) is 19.7. The molecule has 7 heteroatoms.